The molecule has 0 saturated heterocycles. The molecule has 2 fully saturated rings. The molecule has 0 unspecified atom stereocenters. The molecule has 2 saturated carbocycles. The highest BCUT2D eigenvalue weighted by atomic mass is 16.5. The van der Waals surface area contributed by atoms with E-state index in [4.69, 9.17) is 4.74 Å². The Kier molecular flexibility index (Phi) is 2.45. The molecule has 0 aromatic heterocycles. The van der Waals surface area contributed by atoms with Crippen LogP contribution in [0.5, 0.6) is 0 Å². The third-order valence-corrected chi connectivity index (χ3v) is 5.37. The van der Waals surface area contributed by atoms with Crippen molar-refractivity contribution in [3.63, 3.8) is 0 Å². The summed E-state index contributed by atoms with van der Waals surface area (Å²) in [5, 5.41) is 0. The van der Waals surface area contributed by atoms with Gasteiger partial charge in [0.05, 0.1) is 0 Å². The molecule has 98 valence electrons. The van der Waals surface area contributed by atoms with Crippen molar-refractivity contribution >= 4 is 11.8 Å². The molecule has 3 aliphatic rings. The summed E-state index contributed by atoms with van der Waals surface area (Å²) >= 11 is 0. The van der Waals surface area contributed by atoms with E-state index in [-0.39, 0.29) is 17.9 Å². The van der Waals surface area contributed by atoms with E-state index in [1.165, 1.54) is 5.57 Å². The zero-order valence-corrected chi connectivity index (χ0v) is 11.3. The van der Waals surface area contributed by atoms with Gasteiger partial charge in [-0.15, -0.1) is 0 Å². The summed E-state index contributed by atoms with van der Waals surface area (Å²) in [6.45, 7) is 5.84. The molecule has 0 aromatic carbocycles. The zero-order chi connectivity index (χ0) is 13.1. The first-order chi connectivity index (χ1) is 8.43. The Morgan fingerprint density at radius 1 is 1.50 bits per heavy atom. The lowest BCUT2D eigenvalue weighted by Gasteiger charge is -2.24. The summed E-state index contributed by atoms with van der Waals surface area (Å²) in [6.07, 6.45) is 3.68. The van der Waals surface area contributed by atoms with E-state index in [0.29, 0.717) is 23.7 Å². The fourth-order valence-electron chi connectivity index (χ4n) is 4.08. The van der Waals surface area contributed by atoms with Crippen LogP contribution >= 0.6 is 0 Å². The number of Topliss-reactive ketones (excluding diaryl/α,β-unsaturated/α-hetero) is 1. The molecule has 2 aliphatic carbocycles. The van der Waals surface area contributed by atoms with E-state index in [0.717, 1.165) is 24.8 Å². The van der Waals surface area contributed by atoms with Gasteiger partial charge in [0, 0.05) is 12.0 Å². The smallest absolute Gasteiger partial charge is 0.334 e. The number of carbonyl (C=O) groups is 2. The maximum Gasteiger partial charge on any atom is 0.334 e. The van der Waals surface area contributed by atoms with Crippen LogP contribution in [0.2, 0.25) is 0 Å². The van der Waals surface area contributed by atoms with Crippen LogP contribution in [0.25, 0.3) is 0 Å². The van der Waals surface area contributed by atoms with Crippen LogP contribution in [0, 0.1) is 17.3 Å². The average molecular weight is 248 g/mol. The van der Waals surface area contributed by atoms with Gasteiger partial charge in [-0.05, 0) is 55.9 Å². The molecule has 0 N–H and O–H groups in total. The van der Waals surface area contributed by atoms with E-state index in [9.17, 15) is 9.59 Å². The molecule has 0 bridgehead atoms. The molecule has 0 aromatic rings. The van der Waals surface area contributed by atoms with Gasteiger partial charge in [0.2, 0.25) is 0 Å². The number of fused-ring (bicyclic) bond motifs is 2. The van der Waals surface area contributed by atoms with Crippen LogP contribution in [0.3, 0.4) is 0 Å². The highest BCUT2D eigenvalue weighted by Gasteiger charge is 2.64. The van der Waals surface area contributed by atoms with Crippen LogP contribution in [-0.4, -0.2) is 17.9 Å². The molecular formula is C15H20O3. The van der Waals surface area contributed by atoms with E-state index >= 15 is 0 Å². The van der Waals surface area contributed by atoms with Crippen LogP contribution < -0.4 is 0 Å². The standard InChI is InChI=1S/C15H20O3/c1-8(16)4-5-11-12-6-10-9(2)14(17)18-13(10)7-15(11,12)3/h11-13H,4-7H2,1-3H3/t11-,12-,13+,15+/m1/s1. The number of hydrogen-bond acceptors (Lipinski definition) is 3. The third kappa shape index (κ3) is 1.56. The zero-order valence-electron chi connectivity index (χ0n) is 11.3. The second kappa shape index (κ2) is 3.69. The van der Waals surface area contributed by atoms with Crippen molar-refractivity contribution in [2.45, 2.75) is 52.6 Å². The van der Waals surface area contributed by atoms with Crippen LogP contribution in [0.1, 0.15) is 46.5 Å². The number of carbonyl (C=O) groups excluding carboxylic acids is 2. The highest BCUT2D eigenvalue weighted by molar-refractivity contribution is 5.91. The normalized spacial score (nSPS) is 41.3. The molecule has 1 aliphatic heterocycles. The van der Waals surface area contributed by atoms with Crippen molar-refractivity contribution in [1.29, 1.82) is 0 Å². The minimum Gasteiger partial charge on any atom is -0.454 e. The predicted molar refractivity (Wildman–Crippen MR) is 66.8 cm³/mol. The summed E-state index contributed by atoms with van der Waals surface area (Å²) in [5.41, 5.74) is 2.36. The van der Waals surface area contributed by atoms with Crippen LogP contribution in [-0.2, 0) is 14.3 Å². The Balaban J connectivity index is 1.74. The van der Waals surface area contributed by atoms with E-state index in [1.807, 2.05) is 6.92 Å². The number of ether oxygens (including phenoxy) is 1. The lowest BCUT2D eigenvalue weighted by atomic mass is 9.83. The molecule has 1 heterocycles. The quantitative estimate of drug-likeness (QED) is 0.721. The maximum atomic E-state index is 11.5. The predicted octanol–water partition coefficient (Wildman–Crippen LogP) is 2.64. The summed E-state index contributed by atoms with van der Waals surface area (Å²) in [5.74, 6) is 1.46. The Labute approximate surface area is 108 Å². The highest BCUT2D eigenvalue weighted by Crippen LogP contribution is 2.69. The topological polar surface area (TPSA) is 43.4 Å². The SMILES string of the molecule is CC(=O)CC[C@@H]1[C@H]2CC3=C(C)C(=O)O[C@H]3C[C@@]12C. The van der Waals surface area contributed by atoms with E-state index in [2.05, 4.69) is 6.92 Å². The van der Waals surface area contributed by atoms with Gasteiger partial charge >= 0.3 is 5.97 Å². The number of esters is 1. The molecule has 3 heteroatoms. The summed E-state index contributed by atoms with van der Waals surface area (Å²) in [6, 6.07) is 0. The molecular weight excluding hydrogens is 228 g/mol. The van der Waals surface area contributed by atoms with Crippen molar-refractivity contribution in [2.75, 3.05) is 0 Å². The monoisotopic (exact) mass is 248 g/mol. The number of ketones is 1. The van der Waals surface area contributed by atoms with Crippen LogP contribution in [0.4, 0.5) is 0 Å². The molecule has 3 nitrogen and oxygen atoms in total. The Hall–Kier alpha value is -1.12. The fraction of sp³-hybridized carbons (Fsp3) is 0.733. The molecule has 18 heavy (non-hydrogen) atoms. The summed E-state index contributed by atoms with van der Waals surface area (Å²) in [4.78, 5) is 22.6. The largest absolute Gasteiger partial charge is 0.454 e. The average Bonchev–Trinajstić information content (AvgIpc) is 2.77. The van der Waals surface area contributed by atoms with E-state index < -0.39 is 0 Å². The number of hydrogen-bond donors (Lipinski definition) is 0. The number of rotatable bonds is 3. The molecule has 4 atom stereocenters. The van der Waals surface area contributed by atoms with Gasteiger partial charge in [-0.2, -0.15) is 0 Å². The molecule has 0 spiro atoms. The Morgan fingerprint density at radius 2 is 2.22 bits per heavy atom. The summed E-state index contributed by atoms with van der Waals surface area (Å²) in [7, 11) is 0. The lowest BCUT2D eigenvalue weighted by molar-refractivity contribution is -0.140. The summed E-state index contributed by atoms with van der Waals surface area (Å²) < 4.78 is 5.43. The van der Waals surface area contributed by atoms with Gasteiger partial charge in [0.25, 0.3) is 0 Å². The Morgan fingerprint density at radius 3 is 2.89 bits per heavy atom. The van der Waals surface area contributed by atoms with Crippen molar-refractivity contribution in [3.05, 3.63) is 11.1 Å². The van der Waals surface area contributed by atoms with Crippen molar-refractivity contribution in [3.8, 4) is 0 Å². The second-order valence-corrected chi connectivity index (χ2v) is 6.41. The van der Waals surface area contributed by atoms with Crippen molar-refractivity contribution in [2.24, 2.45) is 17.3 Å². The molecule has 0 radical (unpaired) electrons. The molecule has 3 rings (SSSR count). The van der Waals surface area contributed by atoms with Crippen LogP contribution in [0.15, 0.2) is 11.1 Å². The minimum absolute atomic E-state index is 0.0288. The molecule has 0 amide bonds. The van der Waals surface area contributed by atoms with Gasteiger partial charge < -0.3 is 9.53 Å². The van der Waals surface area contributed by atoms with Gasteiger partial charge in [0.1, 0.15) is 11.9 Å². The fourth-order valence-corrected chi connectivity index (χ4v) is 4.08. The first-order valence-electron chi connectivity index (χ1n) is 6.83. The first-order valence-corrected chi connectivity index (χ1v) is 6.83. The van der Waals surface area contributed by atoms with Crippen molar-refractivity contribution in [1.82, 2.24) is 0 Å². The third-order valence-electron chi connectivity index (χ3n) is 5.37. The maximum absolute atomic E-state index is 11.5. The van der Waals surface area contributed by atoms with Gasteiger partial charge in [-0.1, -0.05) is 6.92 Å². The second-order valence-electron chi connectivity index (χ2n) is 6.41. The van der Waals surface area contributed by atoms with Crippen molar-refractivity contribution < 1.29 is 14.3 Å². The van der Waals surface area contributed by atoms with E-state index in [1.54, 1.807) is 6.92 Å². The van der Waals surface area contributed by atoms with Gasteiger partial charge in [-0.3, -0.25) is 0 Å². The first kappa shape index (κ1) is 11.9. The van der Waals surface area contributed by atoms with Gasteiger partial charge in [-0.25, -0.2) is 4.79 Å². The minimum atomic E-state index is -0.125. The lowest BCUT2D eigenvalue weighted by Crippen LogP contribution is -2.22. The Bertz CT molecular complexity index is 462. The van der Waals surface area contributed by atoms with Gasteiger partial charge in [0.15, 0.2) is 0 Å².